The van der Waals surface area contributed by atoms with Crippen LogP contribution in [0.25, 0.3) is 22.3 Å². The number of halogens is 1. The topological polar surface area (TPSA) is 99.8 Å². The summed E-state index contributed by atoms with van der Waals surface area (Å²) in [6.07, 6.45) is 1.83. The van der Waals surface area contributed by atoms with E-state index in [1.807, 2.05) is 31.2 Å². The number of rotatable bonds is 9. The molecule has 1 aliphatic rings. The molecule has 1 saturated carbocycles. The molecule has 4 aromatic rings. The van der Waals surface area contributed by atoms with Gasteiger partial charge in [0.2, 0.25) is 10.0 Å². The van der Waals surface area contributed by atoms with E-state index < -0.39 is 22.8 Å². The molecule has 3 aromatic carbocycles. The van der Waals surface area contributed by atoms with Gasteiger partial charge < -0.3 is 14.8 Å². The Labute approximate surface area is 234 Å². The number of sulfonamides is 1. The second kappa shape index (κ2) is 10.7. The summed E-state index contributed by atoms with van der Waals surface area (Å²) in [6.45, 7) is 4.69. The molecule has 0 aliphatic heterocycles. The molecule has 1 heterocycles. The fourth-order valence-electron chi connectivity index (χ4n) is 5.20. The van der Waals surface area contributed by atoms with E-state index in [2.05, 4.69) is 5.32 Å². The summed E-state index contributed by atoms with van der Waals surface area (Å²) in [5.74, 6) is -0.393. The van der Waals surface area contributed by atoms with E-state index in [-0.39, 0.29) is 24.1 Å². The molecule has 7 nitrogen and oxygen atoms in total. The van der Waals surface area contributed by atoms with E-state index in [1.165, 1.54) is 23.5 Å². The Morgan fingerprint density at radius 1 is 1.15 bits per heavy atom. The van der Waals surface area contributed by atoms with Gasteiger partial charge in [0, 0.05) is 24.1 Å². The number of anilines is 1. The van der Waals surface area contributed by atoms with Crippen LogP contribution in [0.15, 0.2) is 59.0 Å². The van der Waals surface area contributed by atoms with E-state index in [4.69, 9.17) is 4.42 Å². The standard InChI is InChI=1S/C30H32BFN2O5S/c1-5-40(37,38)34(17-19-6-13-25(31(3)36)18(2)14-19)26-16-27-24(15-23(26)20-7-8-20)28(30(35)33-4)29(39-27)21-9-11-22(32)12-10-21/h6,9-16,20,36H,5,7-8,17H2,1-4H3,(H,33,35). The number of fused-ring (bicyclic) bond motifs is 1. The zero-order chi connectivity index (χ0) is 28.8. The lowest BCUT2D eigenvalue weighted by Crippen LogP contribution is -2.33. The van der Waals surface area contributed by atoms with E-state index in [0.29, 0.717) is 33.5 Å². The van der Waals surface area contributed by atoms with Crippen LogP contribution in [-0.4, -0.2) is 39.1 Å². The van der Waals surface area contributed by atoms with Crippen LogP contribution in [0, 0.1) is 12.7 Å². The van der Waals surface area contributed by atoms with Crippen LogP contribution in [0.5, 0.6) is 0 Å². The van der Waals surface area contributed by atoms with Crippen molar-refractivity contribution in [3.8, 4) is 11.3 Å². The minimum Gasteiger partial charge on any atom is -0.455 e. The van der Waals surface area contributed by atoms with Gasteiger partial charge in [0.25, 0.3) is 5.91 Å². The Kier molecular flexibility index (Phi) is 7.50. The van der Waals surface area contributed by atoms with Gasteiger partial charge in [0.05, 0.1) is 23.5 Å². The van der Waals surface area contributed by atoms with Crippen molar-refractivity contribution < 1.29 is 27.0 Å². The van der Waals surface area contributed by atoms with Crippen LogP contribution in [0.1, 0.15) is 52.7 Å². The van der Waals surface area contributed by atoms with Crippen LogP contribution in [0.2, 0.25) is 6.82 Å². The minimum absolute atomic E-state index is 0.0949. The zero-order valence-corrected chi connectivity index (χ0v) is 23.8. The summed E-state index contributed by atoms with van der Waals surface area (Å²) >= 11 is 0. The Hall–Kier alpha value is -3.63. The van der Waals surface area contributed by atoms with Crippen molar-refractivity contribution in [3.05, 3.63) is 82.7 Å². The van der Waals surface area contributed by atoms with Crippen molar-refractivity contribution in [3.63, 3.8) is 0 Å². The van der Waals surface area contributed by atoms with Crippen molar-refractivity contribution in [1.82, 2.24) is 5.32 Å². The Morgan fingerprint density at radius 2 is 1.85 bits per heavy atom. The first-order chi connectivity index (χ1) is 19.0. The maximum absolute atomic E-state index is 13.6. The molecule has 208 valence electrons. The lowest BCUT2D eigenvalue weighted by atomic mass is 9.62. The van der Waals surface area contributed by atoms with Crippen LogP contribution in [0.4, 0.5) is 10.1 Å². The molecule has 0 bridgehead atoms. The monoisotopic (exact) mass is 562 g/mol. The number of carbonyl (C=O) groups excluding carboxylic acids is 1. The maximum atomic E-state index is 13.6. The van der Waals surface area contributed by atoms with Gasteiger partial charge in [0.1, 0.15) is 17.2 Å². The summed E-state index contributed by atoms with van der Waals surface area (Å²) in [5, 5.41) is 13.3. The van der Waals surface area contributed by atoms with Crippen molar-refractivity contribution >= 4 is 45.0 Å². The van der Waals surface area contributed by atoms with Gasteiger partial charge in [-0.3, -0.25) is 9.10 Å². The molecule has 0 unspecified atom stereocenters. The van der Waals surface area contributed by atoms with Gasteiger partial charge in [-0.25, -0.2) is 12.8 Å². The predicted molar refractivity (Wildman–Crippen MR) is 157 cm³/mol. The van der Waals surface area contributed by atoms with Crippen molar-refractivity contribution in [2.45, 2.75) is 46.0 Å². The summed E-state index contributed by atoms with van der Waals surface area (Å²) in [7, 11) is -2.17. The third kappa shape index (κ3) is 5.25. The number of hydrogen-bond donors (Lipinski definition) is 2. The van der Waals surface area contributed by atoms with Gasteiger partial charge in [-0.2, -0.15) is 0 Å². The predicted octanol–water partition coefficient (Wildman–Crippen LogP) is 4.96. The van der Waals surface area contributed by atoms with Gasteiger partial charge >= 0.3 is 6.92 Å². The van der Waals surface area contributed by atoms with Crippen molar-refractivity contribution in [2.75, 3.05) is 17.1 Å². The smallest absolute Gasteiger partial charge is 0.320 e. The highest BCUT2D eigenvalue weighted by Gasteiger charge is 2.34. The second-order valence-corrected chi connectivity index (χ2v) is 12.5. The molecule has 1 aliphatic carbocycles. The van der Waals surface area contributed by atoms with Crippen LogP contribution < -0.4 is 15.1 Å². The molecule has 10 heteroatoms. The number of hydrogen-bond acceptors (Lipinski definition) is 5. The van der Waals surface area contributed by atoms with E-state index in [0.717, 1.165) is 35.0 Å². The minimum atomic E-state index is -3.71. The van der Waals surface area contributed by atoms with Gasteiger partial charge in [0.15, 0.2) is 0 Å². The first-order valence-corrected chi connectivity index (χ1v) is 15.0. The fourth-order valence-corrected chi connectivity index (χ4v) is 6.32. The lowest BCUT2D eigenvalue weighted by Gasteiger charge is -2.27. The number of benzene rings is 3. The molecule has 0 atom stereocenters. The first-order valence-electron chi connectivity index (χ1n) is 13.4. The highest BCUT2D eigenvalue weighted by Crippen LogP contribution is 2.48. The molecular formula is C30H32BFN2O5S. The van der Waals surface area contributed by atoms with Gasteiger partial charge in [-0.05, 0) is 79.5 Å². The Morgan fingerprint density at radius 3 is 2.42 bits per heavy atom. The molecule has 0 saturated heterocycles. The summed E-state index contributed by atoms with van der Waals surface area (Å²) in [5.41, 5.74) is 5.07. The molecular weight excluding hydrogens is 530 g/mol. The molecule has 2 N–H and O–H groups in total. The quantitative estimate of drug-likeness (QED) is 0.281. The SMILES string of the molecule is CCS(=O)(=O)N(Cc1ccc(B(C)O)c(C)c1)c1cc2oc(-c3ccc(F)cc3)c(C(=O)NC)c2cc1C1CC1. The molecule has 1 amide bonds. The number of furan rings is 1. The van der Waals surface area contributed by atoms with Gasteiger partial charge in [-0.15, -0.1) is 0 Å². The highest BCUT2D eigenvalue weighted by atomic mass is 32.2. The average molecular weight is 562 g/mol. The maximum Gasteiger partial charge on any atom is 0.320 e. The summed E-state index contributed by atoms with van der Waals surface area (Å²) in [6, 6.07) is 14.9. The third-order valence-corrected chi connectivity index (χ3v) is 9.22. The number of nitrogens with one attached hydrogen (secondary N) is 1. The third-order valence-electron chi connectivity index (χ3n) is 7.49. The zero-order valence-electron chi connectivity index (χ0n) is 23.0. The van der Waals surface area contributed by atoms with E-state index in [1.54, 1.807) is 31.9 Å². The molecule has 1 aromatic heterocycles. The van der Waals surface area contributed by atoms with Crippen LogP contribution >= 0.6 is 0 Å². The molecule has 0 spiro atoms. The Bertz CT molecular complexity index is 1700. The average Bonchev–Trinajstić information content (AvgIpc) is 3.71. The van der Waals surface area contributed by atoms with Gasteiger partial charge in [-0.1, -0.05) is 30.6 Å². The number of aryl methyl sites for hydroxylation is 1. The van der Waals surface area contributed by atoms with E-state index >= 15 is 0 Å². The van der Waals surface area contributed by atoms with E-state index in [9.17, 15) is 22.6 Å². The Balaban J connectivity index is 1.70. The van der Waals surface area contributed by atoms with Crippen LogP contribution in [-0.2, 0) is 16.6 Å². The van der Waals surface area contributed by atoms with Crippen LogP contribution in [0.3, 0.4) is 0 Å². The normalized spacial score (nSPS) is 13.4. The number of carbonyl (C=O) groups is 1. The highest BCUT2D eigenvalue weighted by molar-refractivity contribution is 7.92. The molecule has 5 rings (SSSR count). The number of nitrogens with zero attached hydrogens (tertiary/aromatic N) is 1. The summed E-state index contributed by atoms with van der Waals surface area (Å²) < 4.78 is 48.4. The lowest BCUT2D eigenvalue weighted by molar-refractivity contribution is 0.0964. The molecule has 0 radical (unpaired) electrons. The summed E-state index contributed by atoms with van der Waals surface area (Å²) in [4.78, 5) is 13.0. The second-order valence-electron chi connectivity index (χ2n) is 10.3. The molecule has 40 heavy (non-hydrogen) atoms. The first kappa shape index (κ1) is 27.9. The number of amides is 1. The largest absolute Gasteiger partial charge is 0.455 e. The molecule has 1 fully saturated rings. The van der Waals surface area contributed by atoms with Crippen molar-refractivity contribution in [2.24, 2.45) is 0 Å². The fraction of sp³-hybridized carbons (Fsp3) is 0.300. The van der Waals surface area contributed by atoms with Crippen molar-refractivity contribution in [1.29, 1.82) is 0 Å².